The van der Waals surface area contributed by atoms with Gasteiger partial charge in [-0.2, -0.15) is 0 Å². The van der Waals surface area contributed by atoms with Crippen LogP contribution in [0.15, 0.2) is 30.3 Å². The number of hydrogen-bond acceptors (Lipinski definition) is 9. The summed E-state index contributed by atoms with van der Waals surface area (Å²) < 4.78 is 52.2. The lowest BCUT2D eigenvalue weighted by atomic mass is 10.1. The Labute approximate surface area is 246 Å². The summed E-state index contributed by atoms with van der Waals surface area (Å²) in [6.07, 6.45) is 2.70. The van der Waals surface area contributed by atoms with Gasteiger partial charge in [-0.1, -0.05) is 30.3 Å². The molecule has 0 bridgehead atoms. The Hall–Kier alpha value is -0.239. The molecule has 0 atom stereocenters. The summed E-state index contributed by atoms with van der Waals surface area (Å²) in [6.45, 7) is 3.69. The van der Waals surface area contributed by atoms with E-state index in [0.29, 0.717) is 0 Å². The minimum absolute atomic E-state index is 0. The first-order valence-electron chi connectivity index (χ1n) is 13.1. The van der Waals surface area contributed by atoms with Crippen LogP contribution in [0.4, 0.5) is 0 Å². The molecule has 39 heavy (non-hydrogen) atoms. The summed E-state index contributed by atoms with van der Waals surface area (Å²) in [5, 5.41) is 0. The fraction of sp³-hybridized carbons (Fsp3) is 0.760. The van der Waals surface area contributed by atoms with Gasteiger partial charge in [-0.05, 0) is 0 Å². The van der Waals surface area contributed by atoms with Crippen LogP contribution in [-0.2, 0) is 46.4 Å². The zero-order valence-electron chi connectivity index (χ0n) is 25.5. The third-order valence-corrected chi connectivity index (χ3v) is 16.0. The number of benzene rings is 1. The molecule has 0 aliphatic heterocycles. The van der Waals surface area contributed by atoms with Crippen LogP contribution in [0.2, 0.25) is 18.1 Å². The fourth-order valence-electron chi connectivity index (χ4n) is 5.10. The van der Waals surface area contributed by atoms with Crippen LogP contribution in [0.25, 0.3) is 0 Å². The maximum Gasteiger partial charge on any atom is 0.500 e. The van der Waals surface area contributed by atoms with Crippen molar-refractivity contribution in [1.82, 2.24) is 0 Å². The van der Waals surface area contributed by atoms with Crippen molar-refractivity contribution < 1.29 is 56.7 Å². The van der Waals surface area contributed by atoms with Gasteiger partial charge in [0.25, 0.3) is 0 Å². The zero-order valence-corrected chi connectivity index (χ0v) is 29.2. The summed E-state index contributed by atoms with van der Waals surface area (Å²) in [5.74, 6) is 0. The van der Waals surface area contributed by atoms with Crippen molar-refractivity contribution in [3.8, 4) is 0 Å². The largest absolute Gasteiger partial charge is 1.00 e. The lowest BCUT2D eigenvalue weighted by Gasteiger charge is -2.41. The lowest BCUT2D eigenvalue weighted by Crippen LogP contribution is -3.00. The van der Waals surface area contributed by atoms with Crippen molar-refractivity contribution in [3.05, 3.63) is 35.9 Å². The van der Waals surface area contributed by atoms with E-state index in [-0.39, 0.29) is 12.4 Å². The van der Waals surface area contributed by atoms with E-state index in [1.807, 2.05) is 0 Å². The average molecular weight is 630 g/mol. The molecule has 0 fully saturated rings. The van der Waals surface area contributed by atoms with Gasteiger partial charge in [0.2, 0.25) is 0 Å². The Balaban J connectivity index is 0.0000144. The van der Waals surface area contributed by atoms with E-state index in [1.54, 1.807) is 64.0 Å². The van der Waals surface area contributed by atoms with Gasteiger partial charge in [0.1, 0.15) is 6.54 Å². The van der Waals surface area contributed by atoms with E-state index >= 15 is 0 Å². The molecule has 1 aromatic rings. The van der Waals surface area contributed by atoms with Gasteiger partial charge in [0.15, 0.2) is 0 Å². The van der Waals surface area contributed by atoms with Crippen molar-refractivity contribution >= 4 is 26.4 Å². The second-order valence-corrected chi connectivity index (χ2v) is 18.6. The molecule has 0 aliphatic carbocycles. The van der Waals surface area contributed by atoms with Crippen LogP contribution in [0, 0.1) is 0 Å². The number of rotatable bonds is 23. The highest BCUT2D eigenvalue weighted by atomic mass is 35.5. The molecular weight excluding hydrogens is 578 g/mol. The number of quaternary nitrogens is 1. The molecule has 0 heterocycles. The number of hydrogen-bond donors (Lipinski definition) is 0. The minimum atomic E-state index is -2.68. The molecule has 14 heteroatoms. The normalized spacial score (nSPS) is 12.9. The van der Waals surface area contributed by atoms with E-state index in [4.69, 9.17) is 39.8 Å². The van der Waals surface area contributed by atoms with E-state index < -0.39 is 26.4 Å². The Bertz CT molecular complexity index is 653. The molecule has 0 unspecified atom stereocenters. The molecule has 0 saturated heterocycles. The standard InChI is InChI=1S/C25H52NO9Si3.ClH/c1-27-36(28-2,29-3)21-13-18-26(24-25-16-11-10-12-17-25,19-14-22-37(30-4,31-5)32-6)20-15-23-38(33-7,34-8)35-9;/h10-12,16-17H,13-15,18-24H2,1-9H3;1H/q+1;/p-1. The van der Waals surface area contributed by atoms with E-state index in [1.165, 1.54) is 5.56 Å². The summed E-state index contributed by atoms with van der Waals surface area (Å²) in [7, 11) is 6.95. The molecule has 230 valence electrons. The Kier molecular flexibility index (Phi) is 19.7. The van der Waals surface area contributed by atoms with Crippen molar-refractivity contribution in [3.63, 3.8) is 0 Å². The van der Waals surface area contributed by atoms with Gasteiger partial charge < -0.3 is 56.7 Å². The monoisotopic (exact) mass is 629 g/mol. The van der Waals surface area contributed by atoms with Crippen molar-refractivity contribution in [1.29, 1.82) is 0 Å². The molecule has 0 saturated carbocycles. The van der Waals surface area contributed by atoms with Crippen LogP contribution in [0.3, 0.4) is 0 Å². The van der Waals surface area contributed by atoms with E-state index in [9.17, 15) is 0 Å². The molecule has 0 amide bonds. The minimum Gasteiger partial charge on any atom is -1.00 e. The summed E-state index contributed by atoms with van der Waals surface area (Å²) in [5.41, 5.74) is 1.30. The third-order valence-electron chi connectivity index (χ3n) is 7.51. The Morgan fingerprint density at radius 1 is 0.487 bits per heavy atom. The molecule has 0 aromatic heterocycles. The van der Waals surface area contributed by atoms with Crippen molar-refractivity contribution in [2.24, 2.45) is 0 Å². The van der Waals surface area contributed by atoms with Gasteiger partial charge >= 0.3 is 26.4 Å². The summed E-state index contributed by atoms with van der Waals surface area (Å²) in [4.78, 5) is 0. The van der Waals surface area contributed by atoms with Crippen molar-refractivity contribution in [2.45, 2.75) is 43.9 Å². The Morgan fingerprint density at radius 3 is 1.03 bits per heavy atom. The first kappa shape index (κ1) is 38.8. The van der Waals surface area contributed by atoms with E-state index in [0.717, 1.165) is 68.1 Å². The first-order valence-corrected chi connectivity index (χ1v) is 18.9. The lowest BCUT2D eigenvalue weighted by molar-refractivity contribution is -0.941. The molecular formula is C25H52ClNO9Si3. The van der Waals surface area contributed by atoms with Gasteiger partial charge in [-0.15, -0.1) is 0 Å². The predicted molar refractivity (Wildman–Crippen MR) is 154 cm³/mol. The highest BCUT2D eigenvalue weighted by molar-refractivity contribution is 6.61. The molecule has 10 nitrogen and oxygen atoms in total. The maximum absolute atomic E-state index is 5.71. The smallest absolute Gasteiger partial charge is 0.500 e. The summed E-state index contributed by atoms with van der Waals surface area (Å²) >= 11 is 0. The van der Waals surface area contributed by atoms with Gasteiger partial charge in [0.05, 0.1) is 19.6 Å². The second-order valence-electron chi connectivity index (χ2n) is 9.35. The molecule has 0 N–H and O–H groups in total. The quantitative estimate of drug-likeness (QED) is 0.129. The van der Waals surface area contributed by atoms with Gasteiger partial charge in [0, 0.05) is 107 Å². The van der Waals surface area contributed by atoms with E-state index in [2.05, 4.69) is 30.3 Å². The second kappa shape index (κ2) is 19.8. The average Bonchev–Trinajstić information content (AvgIpc) is 2.97. The number of halogens is 1. The van der Waals surface area contributed by atoms with Crippen LogP contribution in [0.5, 0.6) is 0 Å². The van der Waals surface area contributed by atoms with Crippen molar-refractivity contribution in [2.75, 3.05) is 83.6 Å². The Morgan fingerprint density at radius 2 is 0.769 bits per heavy atom. The van der Waals surface area contributed by atoms with Gasteiger partial charge in [-0.3, -0.25) is 0 Å². The van der Waals surface area contributed by atoms with Gasteiger partial charge in [-0.25, -0.2) is 0 Å². The topological polar surface area (TPSA) is 83.1 Å². The van der Waals surface area contributed by atoms with Crippen LogP contribution >= 0.6 is 0 Å². The molecule has 0 radical (unpaired) electrons. The fourth-order valence-corrected chi connectivity index (χ4v) is 10.2. The third kappa shape index (κ3) is 11.9. The molecule has 1 rings (SSSR count). The number of nitrogens with zero attached hydrogens (tertiary/aromatic N) is 1. The molecule has 0 aliphatic rings. The SMILES string of the molecule is CO[Si](CCC[N+](CCC[Si](OC)(OC)OC)(CCC[Si](OC)(OC)OC)Cc1ccccc1)(OC)OC.[Cl-]. The van der Waals surface area contributed by atoms with Crippen LogP contribution in [0.1, 0.15) is 24.8 Å². The highest BCUT2D eigenvalue weighted by Crippen LogP contribution is 2.26. The maximum atomic E-state index is 5.71. The zero-order chi connectivity index (χ0) is 28.5. The highest BCUT2D eigenvalue weighted by Gasteiger charge is 2.42. The first-order chi connectivity index (χ1) is 18.2. The van der Waals surface area contributed by atoms with Crippen LogP contribution < -0.4 is 12.4 Å². The van der Waals surface area contributed by atoms with Crippen LogP contribution in [-0.4, -0.2) is 115 Å². The molecule has 0 spiro atoms. The predicted octanol–water partition coefficient (Wildman–Crippen LogP) is 0.812. The summed E-state index contributed by atoms with van der Waals surface area (Å²) in [6, 6.07) is 12.9. The molecule has 1 aromatic carbocycles.